The summed E-state index contributed by atoms with van der Waals surface area (Å²) >= 11 is 0. The van der Waals surface area contributed by atoms with Crippen molar-refractivity contribution in [2.75, 3.05) is 5.32 Å². The minimum Gasteiger partial charge on any atom is -0.372 e. The minimum atomic E-state index is -1.64. The maximum absolute atomic E-state index is 12.3. The molecule has 3 aromatic rings. The van der Waals surface area contributed by atoms with Gasteiger partial charge in [0.15, 0.2) is 5.60 Å². The molecular formula is C16H12N2O2. The Morgan fingerprint density at radius 3 is 2.60 bits per heavy atom. The van der Waals surface area contributed by atoms with E-state index in [9.17, 15) is 9.90 Å². The smallest absolute Gasteiger partial charge is 0.265 e. The molecule has 2 heterocycles. The summed E-state index contributed by atoms with van der Waals surface area (Å²) in [4.78, 5) is 15.4. The summed E-state index contributed by atoms with van der Waals surface area (Å²) in [5, 5.41) is 14.6. The first-order valence-corrected chi connectivity index (χ1v) is 6.41. The number of hydrogen-bond acceptors (Lipinski definition) is 2. The fourth-order valence-corrected chi connectivity index (χ4v) is 2.88. The predicted molar refractivity (Wildman–Crippen MR) is 76.4 cm³/mol. The van der Waals surface area contributed by atoms with E-state index < -0.39 is 11.5 Å². The highest BCUT2D eigenvalue weighted by atomic mass is 16.3. The summed E-state index contributed by atoms with van der Waals surface area (Å²) < 4.78 is 0. The Morgan fingerprint density at radius 2 is 1.70 bits per heavy atom. The lowest BCUT2D eigenvalue weighted by atomic mass is 9.87. The summed E-state index contributed by atoms with van der Waals surface area (Å²) in [5.74, 6) is -0.413. The van der Waals surface area contributed by atoms with Crippen LogP contribution in [0.4, 0.5) is 5.69 Å². The van der Waals surface area contributed by atoms with Crippen LogP contribution in [0.3, 0.4) is 0 Å². The summed E-state index contributed by atoms with van der Waals surface area (Å²) in [6.45, 7) is 0. The zero-order valence-corrected chi connectivity index (χ0v) is 10.6. The Bertz CT molecular complexity index is 837. The molecule has 4 rings (SSSR count). The van der Waals surface area contributed by atoms with Crippen molar-refractivity contribution in [2.24, 2.45) is 0 Å². The Balaban J connectivity index is 2.04. The number of carbonyl (C=O) groups excluding carboxylic acids is 1. The average molecular weight is 264 g/mol. The molecule has 3 N–H and O–H groups in total. The molecule has 0 spiro atoms. The van der Waals surface area contributed by atoms with Crippen molar-refractivity contribution < 1.29 is 9.90 Å². The average Bonchev–Trinajstić information content (AvgIpc) is 3.01. The normalized spacial score (nSPS) is 20.9. The van der Waals surface area contributed by atoms with Gasteiger partial charge in [0.1, 0.15) is 0 Å². The number of amides is 1. The molecule has 4 heteroatoms. The molecule has 0 bridgehead atoms. The van der Waals surface area contributed by atoms with E-state index in [0.29, 0.717) is 16.8 Å². The predicted octanol–water partition coefficient (Wildman–Crippen LogP) is 2.36. The number of anilines is 1. The van der Waals surface area contributed by atoms with E-state index in [1.54, 1.807) is 18.3 Å². The first-order valence-electron chi connectivity index (χ1n) is 6.41. The van der Waals surface area contributed by atoms with E-state index in [0.717, 1.165) is 10.9 Å². The largest absolute Gasteiger partial charge is 0.372 e. The van der Waals surface area contributed by atoms with Crippen LogP contribution in [0, 0.1) is 0 Å². The van der Waals surface area contributed by atoms with Crippen LogP contribution in [0.5, 0.6) is 0 Å². The van der Waals surface area contributed by atoms with Crippen LogP contribution in [0.2, 0.25) is 0 Å². The van der Waals surface area contributed by atoms with Gasteiger partial charge < -0.3 is 15.4 Å². The van der Waals surface area contributed by atoms with Crippen LogP contribution in [0.1, 0.15) is 11.1 Å². The van der Waals surface area contributed by atoms with Crippen LogP contribution in [0.25, 0.3) is 10.9 Å². The van der Waals surface area contributed by atoms with Crippen molar-refractivity contribution in [2.45, 2.75) is 5.60 Å². The minimum absolute atomic E-state index is 0.413. The molecule has 98 valence electrons. The van der Waals surface area contributed by atoms with Crippen LogP contribution in [-0.2, 0) is 10.4 Å². The highest BCUT2D eigenvalue weighted by Gasteiger charge is 2.47. The lowest BCUT2D eigenvalue weighted by Crippen LogP contribution is -2.35. The van der Waals surface area contributed by atoms with Gasteiger partial charge in [-0.05, 0) is 12.1 Å². The zero-order chi connectivity index (χ0) is 13.7. The fraction of sp³-hybridized carbons (Fsp3) is 0.0625. The molecule has 0 aliphatic carbocycles. The third-order valence-corrected chi connectivity index (χ3v) is 3.87. The zero-order valence-electron chi connectivity index (χ0n) is 10.6. The highest BCUT2D eigenvalue weighted by Crippen LogP contribution is 2.42. The van der Waals surface area contributed by atoms with Crippen molar-refractivity contribution in [3.05, 3.63) is 65.9 Å². The molecule has 20 heavy (non-hydrogen) atoms. The topological polar surface area (TPSA) is 65.1 Å². The van der Waals surface area contributed by atoms with E-state index in [2.05, 4.69) is 10.3 Å². The molecular weight excluding hydrogens is 252 g/mol. The third-order valence-electron chi connectivity index (χ3n) is 3.87. The number of aromatic nitrogens is 1. The quantitative estimate of drug-likeness (QED) is 0.631. The summed E-state index contributed by atoms with van der Waals surface area (Å²) in [6.07, 6.45) is 1.70. The van der Waals surface area contributed by atoms with Crippen molar-refractivity contribution in [1.82, 2.24) is 4.98 Å². The van der Waals surface area contributed by atoms with Gasteiger partial charge in [-0.2, -0.15) is 0 Å². The third kappa shape index (κ3) is 1.26. The first kappa shape index (κ1) is 11.3. The summed E-state index contributed by atoms with van der Waals surface area (Å²) in [5.41, 5.74) is 1.08. The second-order valence-corrected chi connectivity index (χ2v) is 4.96. The molecule has 1 aliphatic heterocycles. The molecule has 1 atom stereocenters. The molecule has 0 radical (unpaired) electrons. The molecule has 2 aromatic carbocycles. The number of hydrogen-bond donors (Lipinski definition) is 3. The van der Waals surface area contributed by atoms with Gasteiger partial charge in [-0.25, -0.2) is 0 Å². The molecule has 4 nitrogen and oxygen atoms in total. The second-order valence-electron chi connectivity index (χ2n) is 4.96. The van der Waals surface area contributed by atoms with Gasteiger partial charge in [0.05, 0.1) is 0 Å². The van der Waals surface area contributed by atoms with E-state index in [-0.39, 0.29) is 0 Å². The van der Waals surface area contributed by atoms with Gasteiger partial charge in [-0.15, -0.1) is 0 Å². The molecule has 0 unspecified atom stereocenters. The van der Waals surface area contributed by atoms with Crippen LogP contribution in [-0.4, -0.2) is 16.0 Å². The fourth-order valence-electron chi connectivity index (χ4n) is 2.88. The highest BCUT2D eigenvalue weighted by molar-refractivity contribution is 6.09. The number of aromatic amines is 1. The first-order chi connectivity index (χ1) is 9.71. The lowest BCUT2D eigenvalue weighted by molar-refractivity contribution is -0.129. The van der Waals surface area contributed by atoms with E-state index in [1.165, 1.54) is 0 Å². The van der Waals surface area contributed by atoms with Gasteiger partial charge in [0.25, 0.3) is 5.91 Å². The van der Waals surface area contributed by atoms with Crippen LogP contribution < -0.4 is 5.32 Å². The van der Waals surface area contributed by atoms with E-state index in [1.807, 2.05) is 36.4 Å². The van der Waals surface area contributed by atoms with Gasteiger partial charge in [0.2, 0.25) is 0 Å². The molecule has 0 saturated heterocycles. The number of rotatable bonds is 1. The van der Waals surface area contributed by atoms with Crippen molar-refractivity contribution >= 4 is 22.5 Å². The molecule has 1 aliphatic rings. The number of H-pyrrole nitrogens is 1. The summed E-state index contributed by atoms with van der Waals surface area (Å²) in [7, 11) is 0. The van der Waals surface area contributed by atoms with Gasteiger partial charge in [0, 0.05) is 33.9 Å². The van der Waals surface area contributed by atoms with Gasteiger partial charge >= 0.3 is 0 Å². The van der Waals surface area contributed by atoms with Crippen molar-refractivity contribution in [3.63, 3.8) is 0 Å². The Kier molecular flexibility index (Phi) is 2.09. The standard InChI is InChI=1S/C16H12N2O2/c19-15-16(20,11-6-2-4-8-14(11)18-15)12-9-17-13-7-3-1-5-10(12)13/h1-9,17,20H,(H,18,19)/t16-/m1/s1. The van der Waals surface area contributed by atoms with Gasteiger partial charge in [-0.3, -0.25) is 4.79 Å². The van der Waals surface area contributed by atoms with Gasteiger partial charge in [-0.1, -0.05) is 36.4 Å². The number of fused-ring (bicyclic) bond motifs is 2. The van der Waals surface area contributed by atoms with E-state index >= 15 is 0 Å². The van der Waals surface area contributed by atoms with Crippen molar-refractivity contribution in [1.29, 1.82) is 0 Å². The number of carbonyl (C=O) groups is 1. The number of nitrogens with one attached hydrogen (secondary N) is 2. The molecule has 1 aromatic heterocycles. The number of para-hydroxylation sites is 2. The number of benzene rings is 2. The second kappa shape index (κ2) is 3.71. The van der Waals surface area contributed by atoms with Crippen LogP contribution in [0.15, 0.2) is 54.7 Å². The Hall–Kier alpha value is -2.59. The summed E-state index contributed by atoms with van der Waals surface area (Å²) in [6, 6.07) is 14.8. The molecule has 1 amide bonds. The Morgan fingerprint density at radius 1 is 0.950 bits per heavy atom. The molecule has 0 fully saturated rings. The lowest BCUT2D eigenvalue weighted by Gasteiger charge is -2.20. The number of aliphatic hydroxyl groups is 1. The molecule has 0 saturated carbocycles. The van der Waals surface area contributed by atoms with E-state index in [4.69, 9.17) is 0 Å². The maximum atomic E-state index is 12.3. The monoisotopic (exact) mass is 264 g/mol. The Labute approximate surface area is 115 Å². The van der Waals surface area contributed by atoms with Crippen LogP contribution >= 0.6 is 0 Å². The van der Waals surface area contributed by atoms with Crippen molar-refractivity contribution in [3.8, 4) is 0 Å². The maximum Gasteiger partial charge on any atom is 0.265 e. The SMILES string of the molecule is O=C1Nc2ccccc2[C@@]1(O)c1c[nH]c2ccccc12.